The summed E-state index contributed by atoms with van der Waals surface area (Å²) < 4.78 is 0.950. The summed E-state index contributed by atoms with van der Waals surface area (Å²) in [5.74, 6) is -0.0144. The molecule has 18 heavy (non-hydrogen) atoms. The van der Waals surface area contributed by atoms with Crippen LogP contribution in [0.5, 0.6) is 0 Å². The van der Waals surface area contributed by atoms with Gasteiger partial charge in [0, 0.05) is 22.7 Å². The summed E-state index contributed by atoms with van der Waals surface area (Å²) >= 11 is 9.81. The number of rotatable bonds is 3. The van der Waals surface area contributed by atoms with Crippen LogP contribution in [-0.2, 0) is 6.54 Å². The highest BCUT2D eigenvalue weighted by atomic mass is 127. The van der Waals surface area contributed by atoms with E-state index in [1.54, 1.807) is 35.4 Å². The molecule has 0 N–H and O–H groups in total. The van der Waals surface area contributed by atoms with Gasteiger partial charge in [-0.3, -0.25) is 4.79 Å². The Hall–Kier alpha value is -0.590. The number of carbonyl (C=O) groups is 1. The van der Waals surface area contributed by atoms with E-state index in [1.807, 2.05) is 22.9 Å². The number of benzene rings is 1. The molecule has 0 saturated heterocycles. The molecule has 1 heterocycles. The van der Waals surface area contributed by atoms with Crippen LogP contribution in [0.2, 0.25) is 5.02 Å². The lowest BCUT2D eigenvalue weighted by atomic mass is 10.2. The Kier molecular flexibility index (Phi) is 4.64. The summed E-state index contributed by atoms with van der Waals surface area (Å²) in [5.41, 5.74) is 1.77. The van der Waals surface area contributed by atoms with E-state index in [-0.39, 0.29) is 5.91 Å². The number of amides is 1. The summed E-state index contributed by atoms with van der Waals surface area (Å²) in [7, 11) is 1.80. The van der Waals surface area contributed by atoms with Gasteiger partial charge in [0.1, 0.15) is 0 Å². The van der Waals surface area contributed by atoms with E-state index in [9.17, 15) is 4.79 Å². The highest BCUT2D eigenvalue weighted by Gasteiger charge is 2.13. The van der Waals surface area contributed by atoms with Crippen molar-refractivity contribution in [3.05, 3.63) is 54.7 Å². The zero-order valence-corrected chi connectivity index (χ0v) is 13.4. The molecule has 0 aliphatic heterocycles. The number of thiophene rings is 1. The molecule has 94 valence electrons. The van der Waals surface area contributed by atoms with Gasteiger partial charge in [-0.25, -0.2) is 0 Å². The molecule has 1 aromatic heterocycles. The third-order valence-electron chi connectivity index (χ3n) is 2.51. The van der Waals surface area contributed by atoms with Crippen LogP contribution in [0.25, 0.3) is 0 Å². The molecular weight excluding hydrogens is 381 g/mol. The van der Waals surface area contributed by atoms with Crippen molar-refractivity contribution in [1.29, 1.82) is 0 Å². The van der Waals surface area contributed by atoms with Gasteiger partial charge in [-0.05, 0) is 63.2 Å². The number of carbonyl (C=O) groups excluding carboxylic acids is 1. The summed E-state index contributed by atoms with van der Waals surface area (Å²) in [6, 6.07) is 7.40. The van der Waals surface area contributed by atoms with Crippen molar-refractivity contribution in [2.75, 3.05) is 7.05 Å². The monoisotopic (exact) mass is 391 g/mol. The van der Waals surface area contributed by atoms with Crippen LogP contribution in [0.3, 0.4) is 0 Å². The minimum absolute atomic E-state index is 0.0144. The topological polar surface area (TPSA) is 20.3 Å². The molecule has 0 aliphatic carbocycles. The third-order valence-corrected chi connectivity index (χ3v) is 4.82. The van der Waals surface area contributed by atoms with E-state index >= 15 is 0 Å². The summed E-state index contributed by atoms with van der Waals surface area (Å²) in [6.07, 6.45) is 0. The van der Waals surface area contributed by atoms with Gasteiger partial charge in [0.2, 0.25) is 0 Å². The molecule has 0 radical (unpaired) electrons. The van der Waals surface area contributed by atoms with E-state index in [0.29, 0.717) is 17.1 Å². The van der Waals surface area contributed by atoms with Gasteiger partial charge in [0.25, 0.3) is 5.91 Å². The maximum absolute atomic E-state index is 12.2. The number of hydrogen-bond donors (Lipinski definition) is 0. The molecule has 0 spiro atoms. The minimum atomic E-state index is -0.0144. The molecule has 0 bridgehead atoms. The van der Waals surface area contributed by atoms with Crippen LogP contribution in [0.15, 0.2) is 35.0 Å². The predicted molar refractivity (Wildman–Crippen MR) is 84.3 cm³/mol. The Labute approximate surface area is 129 Å². The third kappa shape index (κ3) is 3.24. The van der Waals surface area contributed by atoms with Crippen LogP contribution >= 0.6 is 45.5 Å². The summed E-state index contributed by atoms with van der Waals surface area (Å²) in [4.78, 5) is 13.9. The van der Waals surface area contributed by atoms with Crippen LogP contribution in [0.4, 0.5) is 0 Å². The molecule has 0 fully saturated rings. The number of halogens is 2. The molecule has 1 amide bonds. The Balaban J connectivity index is 2.12. The zero-order valence-electron chi connectivity index (χ0n) is 9.69. The molecule has 0 unspecified atom stereocenters. The average Bonchev–Trinajstić information content (AvgIpc) is 2.84. The summed E-state index contributed by atoms with van der Waals surface area (Å²) in [5, 5.41) is 4.67. The van der Waals surface area contributed by atoms with Crippen molar-refractivity contribution in [3.63, 3.8) is 0 Å². The van der Waals surface area contributed by atoms with Gasteiger partial charge in [-0.15, -0.1) is 0 Å². The molecule has 0 saturated carbocycles. The van der Waals surface area contributed by atoms with E-state index < -0.39 is 0 Å². The highest BCUT2D eigenvalue weighted by Crippen LogP contribution is 2.20. The average molecular weight is 392 g/mol. The fraction of sp³-hybridized carbons (Fsp3) is 0.154. The van der Waals surface area contributed by atoms with Crippen molar-refractivity contribution in [2.45, 2.75) is 6.54 Å². The van der Waals surface area contributed by atoms with E-state index in [4.69, 9.17) is 11.6 Å². The first-order valence-corrected chi connectivity index (χ1v) is 7.69. The van der Waals surface area contributed by atoms with E-state index in [0.717, 1.165) is 9.13 Å². The Bertz CT molecular complexity index is 556. The van der Waals surface area contributed by atoms with Crippen molar-refractivity contribution in [2.24, 2.45) is 0 Å². The van der Waals surface area contributed by atoms with E-state index in [2.05, 4.69) is 22.6 Å². The van der Waals surface area contributed by atoms with Crippen LogP contribution < -0.4 is 0 Å². The highest BCUT2D eigenvalue weighted by molar-refractivity contribution is 14.1. The predicted octanol–water partition coefficient (Wildman–Crippen LogP) is 4.28. The second-order valence-electron chi connectivity index (χ2n) is 3.92. The van der Waals surface area contributed by atoms with Gasteiger partial charge in [0.15, 0.2) is 0 Å². The zero-order chi connectivity index (χ0) is 13.1. The first kappa shape index (κ1) is 13.8. The Morgan fingerprint density at radius 1 is 1.44 bits per heavy atom. The van der Waals surface area contributed by atoms with Gasteiger partial charge < -0.3 is 4.90 Å². The van der Waals surface area contributed by atoms with Crippen molar-refractivity contribution >= 4 is 51.4 Å². The molecular formula is C13H11ClINOS. The first-order chi connectivity index (χ1) is 8.58. The molecule has 2 nitrogen and oxygen atoms in total. The lowest BCUT2D eigenvalue weighted by Gasteiger charge is -2.16. The van der Waals surface area contributed by atoms with Crippen LogP contribution in [-0.4, -0.2) is 17.9 Å². The van der Waals surface area contributed by atoms with Crippen molar-refractivity contribution in [1.82, 2.24) is 4.90 Å². The van der Waals surface area contributed by atoms with E-state index in [1.165, 1.54) is 0 Å². The molecule has 5 heteroatoms. The largest absolute Gasteiger partial charge is 0.337 e. The molecule has 0 atom stereocenters. The van der Waals surface area contributed by atoms with Gasteiger partial charge in [0.05, 0.1) is 5.02 Å². The lowest BCUT2D eigenvalue weighted by molar-refractivity contribution is 0.0785. The normalized spacial score (nSPS) is 10.4. The second kappa shape index (κ2) is 6.04. The SMILES string of the molecule is CN(Cc1ccsc1)C(=O)c1ccc(I)c(Cl)c1. The second-order valence-corrected chi connectivity index (χ2v) is 6.27. The van der Waals surface area contributed by atoms with Crippen LogP contribution in [0.1, 0.15) is 15.9 Å². The van der Waals surface area contributed by atoms with Crippen molar-refractivity contribution in [3.8, 4) is 0 Å². The maximum atomic E-state index is 12.2. The smallest absolute Gasteiger partial charge is 0.253 e. The maximum Gasteiger partial charge on any atom is 0.253 e. The quantitative estimate of drug-likeness (QED) is 0.715. The van der Waals surface area contributed by atoms with Gasteiger partial charge in [-0.1, -0.05) is 11.6 Å². The first-order valence-electron chi connectivity index (χ1n) is 5.29. The number of nitrogens with zero attached hydrogens (tertiary/aromatic N) is 1. The van der Waals surface area contributed by atoms with Crippen LogP contribution in [0, 0.1) is 3.57 Å². The summed E-state index contributed by atoms with van der Waals surface area (Å²) in [6.45, 7) is 0.617. The Morgan fingerprint density at radius 3 is 2.83 bits per heavy atom. The van der Waals surface area contributed by atoms with Gasteiger partial charge in [-0.2, -0.15) is 11.3 Å². The minimum Gasteiger partial charge on any atom is -0.337 e. The molecule has 0 aliphatic rings. The standard InChI is InChI=1S/C13H11ClINOS/c1-16(7-9-4-5-18-8-9)13(17)10-2-3-12(15)11(14)6-10/h2-6,8H,7H2,1H3. The lowest BCUT2D eigenvalue weighted by Crippen LogP contribution is -2.25. The molecule has 2 rings (SSSR count). The fourth-order valence-corrected chi connectivity index (χ4v) is 2.75. The molecule has 1 aromatic carbocycles. The fourth-order valence-electron chi connectivity index (χ4n) is 1.58. The Morgan fingerprint density at radius 2 is 2.22 bits per heavy atom. The van der Waals surface area contributed by atoms with Gasteiger partial charge >= 0.3 is 0 Å². The van der Waals surface area contributed by atoms with Crippen molar-refractivity contribution < 1.29 is 4.79 Å². The molecule has 2 aromatic rings. The number of hydrogen-bond acceptors (Lipinski definition) is 2.